The summed E-state index contributed by atoms with van der Waals surface area (Å²) in [5, 5.41) is 6.20. The highest BCUT2D eigenvalue weighted by molar-refractivity contribution is 9.10. The van der Waals surface area contributed by atoms with Gasteiger partial charge in [-0.2, -0.15) is 11.8 Å². The monoisotopic (exact) mass is 512 g/mol. The summed E-state index contributed by atoms with van der Waals surface area (Å²) >= 11 is 6.43. The van der Waals surface area contributed by atoms with Crippen molar-refractivity contribution < 1.29 is 14.3 Å². The van der Waals surface area contributed by atoms with Crippen LogP contribution < -0.4 is 15.4 Å². The van der Waals surface area contributed by atoms with Crippen LogP contribution in [0.15, 0.2) is 40.1 Å². The second kappa shape index (κ2) is 12.8. The van der Waals surface area contributed by atoms with Gasteiger partial charge < -0.3 is 15.4 Å². The van der Waals surface area contributed by atoms with Crippen LogP contribution in [0, 0.1) is 0 Å². The van der Waals surface area contributed by atoms with Gasteiger partial charge in [0.05, 0.1) is 11.6 Å². The fourth-order valence-electron chi connectivity index (χ4n) is 2.41. The number of carbonyl (C=O) groups excluding carboxylic acids is 2. The molecule has 30 heavy (non-hydrogen) atoms. The van der Waals surface area contributed by atoms with Gasteiger partial charge in [0.25, 0.3) is 5.91 Å². The lowest BCUT2D eigenvalue weighted by Gasteiger charge is -2.18. The molecule has 0 aliphatic heterocycles. The molecule has 1 unspecified atom stereocenters. The largest absolute Gasteiger partial charge is 0.497 e. The average Bonchev–Trinajstić information content (AvgIpc) is 2.76. The lowest BCUT2D eigenvalue weighted by atomic mass is 10.2. The van der Waals surface area contributed by atoms with E-state index in [1.807, 2.05) is 6.26 Å². The van der Waals surface area contributed by atoms with Crippen LogP contribution in [0.3, 0.4) is 0 Å². The summed E-state index contributed by atoms with van der Waals surface area (Å²) < 4.78 is 5.62. The topological polar surface area (TPSA) is 93.2 Å². The van der Waals surface area contributed by atoms with Crippen molar-refractivity contribution in [1.82, 2.24) is 15.3 Å². The van der Waals surface area contributed by atoms with Crippen molar-refractivity contribution in [3.8, 4) is 5.75 Å². The molecule has 2 rings (SSSR count). The third kappa shape index (κ3) is 7.48. The molecule has 7 nitrogen and oxygen atoms in total. The maximum Gasteiger partial charge on any atom is 0.271 e. The van der Waals surface area contributed by atoms with Crippen LogP contribution in [0.5, 0.6) is 5.75 Å². The van der Waals surface area contributed by atoms with E-state index in [2.05, 4.69) is 43.5 Å². The van der Waals surface area contributed by atoms with Crippen LogP contribution in [-0.2, 0) is 4.79 Å². The predicted octanol–water partition coefficient (Wildman–Crippen LogP) is 4.24. The SMILES string of the molecule is CCCSc1ncc(Br)c(C(=O)NC(CCSC)C(=O)Nc2ccc(OC)cc2)n1. The molecule has 0 bridgehead atoms. The van der Waals surface area contributed by atoms with Crippen LogP contribution in [0.4, 0.5) is 5.69 Å². The van der Waals surface area contributed by atoms with Gasteiger partial charge in [0.2, 0.25) is 5.91 Å². The molecule has 2 N–H and O–H groups in total. The molecule has 1 aromatic heterocycles. The number of rotatable bonds is 11. The smallest absolute Gasteiger partial charge is 0.271 e. The molecule has 0 aliphatic carbocycles. The molecule has 0 aliphatic rings. The Morgan fingerprint density at radius 3 is 2.60 bits per heavy atom. The van der Waals surface area contributed by atoms with E-state index in [9.17, 15) is 9.59 Å². The van der Waals surface area contributed by atoms with Crippen molar-refractivity contribution in [1.29, 1.82) is 0 Å². The first kappa shape index (κ1) is 24.5. The van der Waals surface area contributed by atoms with Gasteiger partial charge in [0.15, 0.2) is 5.16 Å². The summed E-state index contributed by atoms with van der Waals surface area (Å²) in [6.45, 7) is 2.07. The molecule has 162 valence electrons. The number of halogens is 1. The summed E-state index contributed by atoms with van der Waals surface area (Å²) in [4.78, 5) is 34.3. The number of nitrogens with one attached hydrogen (secondary N) is 2. The molecule has 2 amide bonds. The Kier molecular flexibility index (Phi) is 10.5. The molecular weight excluding hydrogens is 488 g/mol. The van der Waals surface area contributed by atoms with Crippen molar-refractivity contribution >= 4 is 57.0 Å². The standard InChI is InChI=1S/C20H25BrN4O3S2/c1-4-10-30-20-22-12-15(21)17(25-20)19(27)24-16(9-11-29-3)18(26)23-13-5-7-14(28-2)8-6-13/h5-8,12,16H,4,9-11H2,1-3H3,(H,23,26)(H,24,27). The van der Waals surface area contributed by atoms with E-state index in [-0.39, 0.29) is 11.6 Å². The van der Waals surface area contributed by atoms with Crippen molar-refractivity contribution in [2.75, 3.05) is 30.2 Å². The van der Waals surface area contributed by atoms with Crippen LogP contribution >= 0.6 is 39.5 Å². The molecular formula is C20H25BrN4O3S2. The number of thioether (sulfide) groups is 2. The lowest BCUT2D eigenvalue weighted by molar-refractivity contribution is -0.118. The number of amides is 2. The van der Waals surface area contributed by atoms with Crippen LogP contribution in [0.1, 0.15) is 30.3 Å². The zero-order valence-corrected chi connectivity index (χ0v) is 20.3. The highest BCUT2D eigenvalue weighted by Crippen LogP contribution is 2.20. The van der Waals surface area contributed by atoms with Crippen molar-refractivity contribution in [3.63, 3.8) is 0 Å². The van der Waals surface area contributed by atoms with Crippen LogP contribution in [0.25, 0.3) is 0 Å². The van der Waals surface area contributed by atoms with Gasteiger partial charge in [-0.25, -0.2) is 9.97 Å². The Bertz CT molecular complexity index is 852. The minimum atomic E-state index is -0.694. The fraction of sp³-hybridized carbons (Fsp3) is 0.400. The molecule has 0 spiro atoms. The molecule has 1 atom stereocenters. The Balaban J connectivity index is 2.12. The van der Waals surface area contributed by atoms with Gasteiger partial charge in [0, 0.05) is 17.6 Å². The van der Waals surface area contributed by atoms with Gasteiger partial charge in [-0.3, -0.25) is 9.59 Å². The molecule has 2 aromatic rings. The number of hydrogen-bond donors (Lipinski definition) is 2. The number of benzene rings is 1. The van der Waals surface area contributed by atoms with E-state index in [1.165, 1.54) is 11.8 Å². The number of aromatic nitrogens is 2. The van der Waals surface area contributed by atoms with Gasteiger partial charge in [-0.05, 0) is 65.0 Å². The number of methoxy groups -OCH3 is 1. The summed E-state index contributed by atoms with van der Waals surface area (Å²) in [6.07, 6.45) is 5.00. The minimum absolute atomic E-state index is 0.218. The first-order valence-corrected chi connectivity index (χ1v) is 12.6. The van der Waals surface area contributed by atoms with Crippen LogP contribution in [-0.4, -0.2) is 52.7 Å². The van der Waals surface area contributed by atoms with E-state index in [4.69, 9.17) is 4.74 Å². The van der Waals surface area contributed by atoms with E-state index in [0.717, 1.165) is 17.9 Å². The highest BCUT2D eigenvalue weighted by atomic mass is 79.9. The summed E-state index contributed by atoms with van der Waals surface area (Å²) in [6, 6.07) is 6.34. The molecule has 0 saturated heterocycles. The van der Waals surface area contributed by atoms with E-state index in [0.29, 0.717) is 27.5 Å². The van der Waals surface area contributed by atoms with Crippen molar-refractivity contribution in [2.45, 2.75) is 31.0 Å². The first-order valence-electron chi connectivity index (χ1n) is 9.38. The van der Waals surface area contributed by atoms with Gasteiger partial charge in [-0.15, -0.1) is 0 Å². The Morgan fingerprint density at radius 2 is 1.97 bits per heavy atom. The highest BCUT2D eigenvalue weighted by Gasteiger charge is 2.23. The summed E-state index contributed by atoms with van der Waals surface area (Å²) in [7, 11) is 1.58. The van der Waals surface area contributed by atoms with Gasteiger partial charge in [0.1, 0.15) is 17.5 Å². The number of ether oxygens (including phenoxy) is 1. The Morgan fingerprint density at radius 1 is 1.23 bits per heavy atom. The quantitative estimate of drug-likeness (QED) is 0.343. The van der Waals surface area contributed by atoms with Crippen LogP contribution in [0.2, 0.25) is 0 Å². The predicted molar refractivity (Wildman–Crippen MR) is 127 cm³/mol. The van der Waals surface area contributed by atoms with E-state index < -0.39 is 11.9 Å². The zero-order chi connectivity index (χ0) is 21.9. The number of anilines is 1. The second-order valence-corrected chi connectivity index (χ2v) is 9.12. The molecule has 0 fully saturated rings. The molecule has 10 heteroatoms. The zero-order valence-electron chi connectivity index (χ0n) is 17.1. The fourth-order valence-corrected chi connectivity index (χ4v) is 3.92. The second-order valence-electron chi connectivity index (χ2n) is 6.22. The van der Waals surface area contributed by atoms with Gasteiger partial charge >= 0.3 is 0 Å². The Hall–Kier alpha value is -1.78. The minimum Gasteiger partial charge on any atom is -0.497 e. The number of carbonyl (C=O) groups is 2. The third-order valence-electron chi connectivity index (χ3n) is 3.96. The number of nitrogens with zero attached hydrogens (tertiary/aromatic N) is 2. The normalized spacial score (nSPS) is 11.6. The molecule has 0 saturated carbocycles. The van der Waals surface area contributed by atoms with E-state index in [1.54, 1.807) is 49.3 Å². The molecule has 1 aromatic carbocycles. The first-order chi connectivity index (χ1) is 14.5. The lowest BCUT2D eigenvalue weighted by Crippen LogP contribution is -2.44. The third-order valence-corrected chi connectivity index (χ3v) is 6.25. The van der Waals surface area contributed by atoms with Gasteiger partial charge in [-0.1, -0.05) is 18.7 Å². The maximum atomic E-state index is 12.9. The van der Waals surface area contributed by atoms with E-state index >= 15 is 0 Å². The Labute approximate surface area is 193 Å². The average molecular weight is 513 g/mol. The van der Waals surface area contributed by atoms with Crippen molar-refractivity contribution in [2.24, 2.45) is 0 Å². The summed E-state index contributed by atoms with van der Waals surface area (Å²) in [5.74, 6) is 1.59. The number of hydrogen-bond acceptors (Lipinski definition) is 7. The molecule has 1 heterocycles. The summed E-state index contributed by atoms with van der Waals surface area (Å²) in [5.41, 5.74) is 0.848. The van der Waals surface area contributed by atoms with Crippen molar-refractivity contribution in [3.05, 3.63) is 40.6 Å². The maximum absolute atomic E-state index is 12.9. The molecule has 0 radical (unpaired) electrons.